The predicted molar refractivity (Wildman–Crippen MR) is 98.8 cm³/mol. The van der Waals surface area contributed by atoms with Crippen molar-refractivity contribution in [3.05, 3.63) is 30.1 Å². The number of anilines is 1. The third-order valence-corrected chi connectivity index (χ3v) is 5.39. The zero-order valence-corrected chi connectivity index (χ0v) is 14.8. The Morgan fingerprint density at radius 1 is 1.12 bits per heavy atom. The second-order valence-electron chi connectivity index (χ2n) is 6.70. The molecule has 1 saturated carbocycles. The summed E-state index contributed by atoms with van der Waals surface area (Å²) in [6.07, 6.45) is 6.29. The van der Waals surface area contributed by atoms with Gasteiger partial charge in [0.15, 0.2) is 5.11 Å². The highest BCUT2D eigenvalue weighted by atomic mass is 32.1. The molecule has 0 bridgehead atoms. The normalized spacial score (nSPS) is 21.2. The van der Waals surface area contributed by atoms with Crippen LogP contribution in [-0.2, 0) is 4.74 Å². The Labute approximate surface area is 148 Å². The van der Waals surface area contributed by atoms with Gasteiger partial charge in [-0.3, -0.25) is 4.90 Å². The summed E-state index contributed by atoms with van der Waals surface area (Å²) >= 11 is 5.43. The lowest BCUT2D eigenvalue weighted by atomic mass is 9.80. The number of thiocarbonyl (C=S) groups is 1. The highest BCUT2D eigenvalue weighted by molar-refractivity contribution is 7.80. The predicted octanol–water partition coefficient (Wildman–Crippen LogP) is 3.15. The molecule has 0 radical (unpaired) electrons. The van der Waals surface area contributed by atoms with Gasteiger partial charge in [0.25, 0.3) is 0 Å². The number of morpholine rings is 1. The van der Waals surface area contributed by atoms with Crippen molar-refractivity contribution >= 4 is 23.0 Å². The molecule has 4 nitrogen and oxygen atoms in total. The topological polar surface area (TPSA) is 36.5 Å². The van der Waals surface area contributed by atoms with E-state index in [1.54, 1.807) is 12.1 Å². The van der Waals surface area contributed by atoms with Crippen molar-refractivity contribution in [2.45, 2.75) is 37.6 Å². The first-order valence-corrected chi connectivity index (χ1v) is 9.22. The molecule has 3 rings (SSSR count). The molecule has 0 atom stereocenters. The van der Waals surface area contributed by atoms with Crippen LogP contribution in [-0.4, -0.2) is 48.4 Å². The van der Waals surface area contributed by atoms with Crippen molar-refractivity contribution in [1.29, 1.82) is 0 Å². The molecule has 1 aromatic rings. The molecular weight excluding hydrogens is 325 g/mol. The quantitative estimate of drug-likeness (QED) is 0.815. The third-order valence-electron chi connectivity index (χ3n) is 5.15. The average molecular weight is 351 g/mol. The fraction of sp³-hybridized carbons (Fsp3) is 0.611. The van der Waals surface area contributed by atoms with Crippen LogP contribution in [0, 0.1) is 5.82 Å². The van der Waals surface area contributed by atoms with Crippen molar-refractivity contribution in [3.63, 3.8) is 0 Å². The molecule has 1 aromatic carbocycles. The van der Waals surface area contributed by atoms with E-state index in [9.17, 15) is 4.39 Å². The molecule has 1 saturated heterocycles. The lowest BCUT2D eigenvalue weighted by Gasteiger charge is -2.48. The van der Waals surface area contributed by atoms with Crippen LogP contribution in [0.1, 0.15) is 32.1 Å². The number of hydrogen-bond donors (Lipinski definition) is 2. The van der Waals surface area contributed by atoms with Gasteiger partial charge in [0.05, 0.1) is 13.2 Å². The lowest BCUT2D eigenvalue weighted by molar-refractivity contribution is -0.0351. The maximum absolute atomic E-state index is 13.0. The minimum absolute atomic E-state index is 0.177. The van der Waals surface area contributed by atoms with Gasteiger partial charge in [-0.25, -0.2) is 4.39 Å². The summed E-state index contributed by atoms with van der Waals surface area (Å²) in [4.78, 5) is 2.59. The Bertz CT molecular complexity index is 540. The molecule has 6 heteroatoms. The monoisotopic (exact) mass is 351 g/mol. The Balaban J connectivity index is 1.58. The molecular formula is C18H26FN3OS. The van der Waals surface area contributed by atoms with Crippen molar-refractivity contribution in [1.82, 2.24) is 10.2 Å². The smallest absolute Gasteiger partial charge is 0.170 e. The van der Waals surface area contributed by atoms with Crippen LogP contribution in [0.25, 0.3) is 0 Å². The molecule has 2 fully saturated rings. The van der Waals surface area contributed by atoms with Gasteiger partial charge in [0, 0.05) is 30.9 Å². The van der Waals surface area contributed by atoms with Gasteiger partial charge in [0.2, 0.25) is 0 Å². The van der Waals surface area contributed by atoms with Gasteiger partial charge < -0.3 is 15.4 Å². The summed E-state index contributed by atoms with van der Waals surface area (Å²) < 4.78 is 18.5. The molecule has 0 unspecified atom stereocenters. The summed E-state index contributed by atoms with van der Waals surface area (Å²) in [7, 11) is 0. The summed E-state index contributed by atoms with van der Waals surface area (Å²) in [6.45, 7) is 4.49. The Kier molecular flexibility index (Phi) is 6.03. The molecule has 132 valence electrons. The molecule has 2 aliphatic rings. The van der Waals surface area contributed by atoms with Crippen LogP contribution in [0.15, 0.2) is 24.3 Å². The van der Waals surface area contributed by atoms with E-state index in [0.717, 1.165) is 38.5 Å². The van der Waals surface area contributed by atoms with E-state index in [-0.39, 0.29) is 11.4 Å². The van der Waals surface area contributed by atoms with Crippen LogP contribution in [0.4, 0.5) is 10.1 Å². The fourth-order valence-corrected chi connectivity index (χ4v) is 4.00. The number of nitrogens with zero attached hydrogens (tertiary/aromatic N) is 1. The first kappa shape index (κ1) is 17.6. The van der Waals surface area contributed by atoms with Crippen LogP contribution in [0.2, 0.25) is 0 Å². The molecule has 0 spiro atoms. The number of ether oxygens (including phenoxy) is 1. The first-order chi connectivity index (χ1) is 11.7. The van der Waals surface area contributed by atoms with Crippen molar-refractivity contribution < 1.29 is 9.13 Å². The number of hydrogen-bond acceptors (Lipinski definition) is 3. The second-order valence-corrected chi connectivity index (χ2v) is 7.11. The highest BCUT2D eigenvalue weighted by Gasteiger charge is 2.38. The van der Waals surface area contributed by atoms with E-state index in [4.69, 9.17) is 17.0 Å². The Hall–Kier alpha value is -1.24. The molecule has 0 amide bonds. The fourth-order valence-electron chi connectivity index (χ4n) is 3.81. The largest absolute Gasteiger partial charge is 0.379 e. The van der Waals surface area contributed by atoms with Gasteiger partial charge in [-0.05, 0) is 49.3 Å². The number of nitrogens with one attached hydrogen (secondary N) is 2. The number of benzene rings is 1. The molecule has 1 aliphatic carbocycles. The molecule has 24 heavy (non-hydrogen) atoms. The summed E-state index contributed by atoms with van der Waals surface area (Å²) in [5.41, 5.74) is 0.981. The Morgan fingerprint density at radius 2 is 1.79 bits per heavy atom. The van der Waals surface area contributed by atoms with E-state index in [1.165, 1.54) is 44.2 Å². The standard InChI is InChI=1S/C18H26FN3OS/c19-15-4-6-16(7-5-15)21-17(24)20-14-18(8-2-1-3-9-18)22-10-12-23-13-11-22/h4-7H,1-3,8-14H2,(H2,20,21,24). The van der Waals surface area contributed by atoms with Crippen molar-refractivity contribution in [2.24, 2.45) is 0 Å². The van der Waals surface area contributed by atoms with E-state index in [0.29, 0.717) is 5.11 Å². The van der Waals surface area contributed by atoms with Gasteiger partial charge in [-0.2, -0.15) is 0 Å². The van der Waals surface area contributed by atoms with E-state index >= 15 is 0 Å². The maximum atomic E-state index is 13.0. The summed E-state index contributed by atoms with van der Waals surface area (Å²) in [5.74, 6) is -0.243. The third kappa shape index (κ3) is 4.43. The van der Waals surface area contributed by atoms with Crippen LogP contribution in [0.3, 0.4) is 0 Å². The zero-order valence-electron chi connectivity index (χ0n) is 14.0. The van der Waals surface area contributed by atoms with Crippen LogP contribution >= 0.6 is 12.2 Å². The van der Waals surface area contributed by atoms with E-state index in [2.05, 4.69) is 15.5 Å². The van der Waals surface area contributed by atoms with Gasteiger partial charge in [-0.1, -0.05) is 19.3 Å². The Morgan fingerprint density at radius 3 is 2.46 bits per heavy atom. The molecule has 0 aromatic heterocycles. The average Bonchev–Trinajstić information content (AvgIpc) is 2.63. The van der Waals surface area contributed by atoms with Crippen LogP contribution in [0.5, 0.6) is 0 Å². The van der Waals surface area contributed by atoms with Gasteiger partial charge >= 0.3 is 0 Å². The van der Waals surface area contributed by atoms with E-state index in [1.807, 2.05) is 0 Å². The molecule has 1 aliphatic heterocycles. The number of halogens is 1. The van der Waals surface area contributed by atoms with Crippen LogP contribution < -0.4 is 10.6 Å². The van der Waals surface area contributed by atoms with Crippen molar-refractivity contribution in [3.8, 4) is 0 Å². The first-order valence-electron chi connectivity index (χ1n) is 8.81. The summed E-state index contributed by atoms with van der Waals surface area (Å²) in [5, 5.41) is 7.13. The van der Waals surface area contributed by atoms with E-state index < -0.39 is 0 Å². The second kappa shape index (κ2) is 8.23. The van der Waals surface area contributed by atoms with Gasteiger partial charge in [0.1, 0.15) is 5.82 Å². The minimum Gasteiger partial charge on any atom is -0.379 e. The SMILES string of the molecule is Fc1ccc(NC(=S)NCC2(N3CCOCC3)CCCCC2)cc1. The lowest BCUT2D eigenvalue weighted by Crippen LogP contribution is -2.60. The minimum atomic E-state index is -0.243. The number of rotatable bonds is 4. The highest BCUT2D eigenvalue weighted by Crippen LogP contribution is 2.33. The van der Waals surface area contributed by atoms with Gasteiger partial charge in [-0.15, -0.1) is 0 Å². The summed E-state index contributed by atoms with van der Waals surface area (Å²) in [6, 6.07) is 6.26. The van der Waals surface area contributed by atoms with Crippen molar-refractivity contribution in [2.75, 3.05) is 38.2 Å². The zero-order chi connectivity index (χ0) is 16.8. The maximum Gasteiger partial charge on any atom is 0.170 e. The molecule has 2 N–H and O–H groups in total. The molecule has 1 heterocycles.